The van der Waals surface area contributed by atoms with E-state index in [0.29, 0.717) is 0 Å². The van der Waals surface area contributed by atoms with E-state index in [-0.39, 0.29) is 0 Å². The molecule has 236 valence electrons. The second kappa shape index (κ2) is 11.2. The van der Waals surface area contributed by atoms with E-state index in [9.17, 15) is 0 Å². The molecule has 0 atom stereocenters. The molecule has 0 bridgehead atoms. The van der Waals surface area contributed by atoms with Gasteiger partial charge in [0.25, 0.3) is 0 Å². The van der Waals surface area contributed by atoms with E-state index in [2.05, 4.69) is 175 Å². The Balaban J connectivity index is 1.43. The van der Waals surface area contributed by atoms with Gasteiger partial charge in [-0.15, -0.1) is 0 Å². The molecular weight excluding hydrogens is 585 g/mol. The van der Waals surface area contributed by atoms with Gasteiger partial charge >= 0.3 is 7.12 Å². The van der Waals surface area contributed by atoms with Crippen LogP contribution in [0, 0.1) is 0 Å². The summed E-state index contributed by atoms with van der Waals surface area (Å²) in [6.45, 7) is 12.8. The first kappa shape index (κ1) is 30.6. The van der Waals surface area contributed by atoms with Crippen LogP contribution in [0.1, 0.15) is 63.8 Å². The summed E-state index contributed by atoms with van der Waals surface area (Å²) in [5.41, 5.74) is 10.3. The molecule has 1 saturated heterocycles. The van der Waals surface area contributed by atoms with Crippen LogP contribution in [0.2, 0.25) is 0 Å². The van der Waals surface area contributed by atoms with E-state index in [1.807, 2.05) is 0 Å². The molecule has 0 radical (unpaired) electrons. The lowest BCUT2D eigenvalue weighted by Crippen LogP contribution is -2.41. The van der Waals surface area contributed by atoms with Crippen molar-refractivity contribution in [3.05, 3.63) is 161 Å². The number of hydrogen-bond donors (Lipinski definition) is 0. The van der Waals surface area contributed by atoms with Crippen molar-refractivity contribution in [1.29, 1.82) is 0 Å². The monoisotopic (exact) mass is 625 g/mol. The summed E-state index contributed by atoms with van der Waals surface area (Å²) in [6.07, 6.45) is 4.44. The lowest BCUT2D eigenvalue weighted by Gasteiger charge is -2.35. The highest BCUT2D eigenvalue weighted by molar-refractivity contribution is 6.62. The Morgan fingerprint density at radius 1 is 0.646 bits per heavy atom. The molecule has 6 aromatic rings. The van der Waals surface area contributed by atoms with Gasteiger partial charge in [0.15, 0.2) is 0 Å². The zero-order valence-electron chi connectivity index (χ0n) is 28.5. The van der Waals surface area contributed by atoms with Gasteiger partial charge in [0.1, 0.15) is 0 Å². The lowest BCUT2D eigenvalue weighted by atomic mass is 9.67. The van der Waals surface area contributed by atoms with E-state index >= 15 is 0 Å². The summed E-state index contributed by atoms with van der Waals surface area (Å²) in [6, 6.07) is 43.9. The molecule has 0 unspecified atom stereocenters. The van der Waals surface area contributed by atoms with Crippen molar-refractivity contribution >= 4 is 39.8 Å². The number of rotatable bonds is 5. The second-order valence-corrected chi connectivity index (χ2v) is 14.2. The molecule has 5 aromatic carbocycles. The number of nitrogens with zero attached hydrogens (tertiary/aromatic N) is 1. The standard InChI is InChI=1S/C44H40BNO2/c1-7-17-34-29(2)44(31-19-10-8-11-20-31,32-21-12-9-13-22-32)39-28-36-35-24-14-15-25-40(35)46-41(38(36)27-37(34)39)30-18-16-23-33(26-30)45-47-42(3,4)43(5,6)48-45/h7-28H,1-6H3/b17-7-. The minimum Gasteiger partial charge on any atom is -0.399 e. The van der Waals surface area contributed by atoms with Crippen molar-refractivity contribution in [1.82, 2.24) is 4.98 Å². The number of para-hydroxylation sites is 1. The number of allylic oxidation sites excluding steroid dienone is 4. The van der Waals surface area contributed by atoms with Crippen LogP contribution in [0.15, 0.2) is 139 Å². The molecule has 0 saturated carbocycles. The second-order valence-electron chi connectivity index (χ2n) is 14.2. The summed E-state index contributed by atoms with van der Waals surface area (Å²) in [5, 5.41) is 3.47. The zero-order valence-corrected chi connectivity index (χ0v) is 28.5. The molecule has 3 nitrogen and oxygen atoms in total. The van der Waals surface area contributed by atoms with Crippen LogP contribution in [-0.4, -0.2) is 23.3 Å². The highest BCUT2D eigenvalue weighted by Crippen LogP contribution is 2.56. The van der Waals surface area contributed by atoms with Gasteiger partial charge in [0.2, 0.25) is 0 Å². The van der Waals surface area contributed by atoms with Gasteiger partial charge in [-0.25, -0.2) is 4.98 Å². The van der Waals surface area contributed by atoms with Crippen LogP contribution in [0.25, 0.3) is 38.5 Å². The Hall–Kier alpha value is -4.77. The summed E-state index contributed by atoms with van der Waals surface area (Å²) in [5.74, 6) is 0. The maximum atomic E-state index is 6.46. The molecule has 0 N–H and O–H groups in total. The SMILES string of the molecule is C/C=C\C1=C(C)C(c2ccccc2)(c2ccccc2)c2cc3c(cc21)c(-c1cccc(B2OC(C)(C)C(C)(C)O2)c1)nc1ccccc13. The molecule has 1 aliphatic heterocycles. The fourth-order valence-corrected chi connectivity index (χ4v) is 7.84. The van der Waals surface area contributed by atoms with Gasteiger partial charge in [-0.2, -0.15) is 0 Å². The quantitative estimate of drug-likeness (QED) is 0.141. The first-order chi connectivity index (χ1) is 23.2. The molecule has 2 aliphatic rings. The Labute approximate surface area is 284 Å². The molecule has 48 heavy (non-hydrogen) atoms. The van der Waals surface area contributed by atoms with Gasteiger partial charge in [-0.05, 0) is 104 Å². The van der Waals surface area contributed by atoms with Crippen molar-refractivity contribution in [2.45, 2.75) is 58.2 Å². The number of benzene rings is 5. The Morgan fingerprint density at radius 3 is 1.92 bits per heavy atom. The topological polar surface area (TPSA) is 31.4 Å². The summed E-state index contributed by atoms with van der Waals surface area (Å²) >= 11 is 0. The maximum Gasteiger partial charge on any atom is 0.494 e. The Kier molecular flexibility index (Phi) is 7.10. The fourth-order valence-electron chi connectivity index (χ4n) is 7.84. The molecule has 1 aromatic heterocycles. The van der Waals surface area contributed by atoms with Gasteiger partial charge in [-0.1, -0.05) is 115 Å². The Morgan fingerprint density at radius 2 is 1.27 bits per heavy atom. The van der Waals surface area contributed by atoms with E-state index < -0.39 is 23.7 Å². The predicted octanol–water partition coefficient (Wildman–Crippen LogP) is 10.1. The van der Waals surface area contributed by atoms with Gasteiger partial charge in [0.05, 0.1) is 27.8 Å². The highest BCUT2D eigenvalue weighted by atomic mass is 16.7. The average Bonchev–Trinajstić information content (AvgIpc) is 3.48. The van der Waals surface area contributed by atoms with Crippen molar-refractivity contribution < 1.29 is 9.31 Å². The minimum atomic E-state index is -0.449. The molecule has 0 spiro atoms. The minimum absolute atomic E-state index is 0.417. The molecule has 2 heterocycles. The first-order valence-electron chi connectivity index (χ1n) is 16.9. The predicted molar refractivity (Wildman–Crippen MR) is 201 cm³/mol. The van der Waals surface area contributed by atoms with Crippen LogP contribution in [-0.2, 0) is 14.7 Å². The van der Waals surface area contributed by atoms with Crippen LogP contribution in [0.4, 0.5) is 0 Å². The summed E-state index contributed by atoms with van der Waals surface area (Å²) in [4.78, 5) is 5.35. The molecular formula is C44H40BNO2. The smallest absolute Gasteiger partial charge is 0.399 e. The van der Waals surface area contributed by atoms with E-state index in [1.54, 1.807) is 0 Å². The summed E-state index contributed by atoms with van der Waals surface area (Å²) < 4.78 is 12.9. The van der Waals surface area contributed by atoms with Crippen LogP contribution in [0.3, 0.4) is 0 Å². The highest BCUT2D eigenvalue weighted by Gasteiger charge is 2.52. The molecule has 8 rings (SSSR count). The molecule has 1 aliphatic carbocycles. The third kappa shape index (κ3) is 4.47. The van der Waals surface area contributed by atoms with E-state index in [4.69, 9.17) is 14.3 Å². The lowest BCUT2D eigenvalue weighted by molar-refractivity contribution is 0.00578. The first-order valence-corrected chi connectivity index (χ1v) is 16.9. The molecule has 0 amide bonds. The van der Waals surface area contributed by atoms with Crippen molar-refractivity contribution in [3.63, 3.8) is 0 Å². The Bertz CT molecular complexity index is 2210. The van der Waals surface area contributed by atoms with Crippen LogP contribution < -0.4 is 5.46 Å². The average molecular weight is 626 g/mol. The maximum absolute atomic E-state index is 6.46. The van der Waals surface area contributed by atoms with Crippen molar-refractivity contribution in [2.75, 3.05) is 0 Å². The van der Waals surface area contributed by atoms with Crippen LogP contribution >= 0.6 is 0 Å². The fraction of sp³-hybridized carbons (Fsp3) is 0.205. The number of hydrogen-bond acceptors (Lipinski definition) is 3. The zero-order chi connectivity index (χ0) is 33.3. The van der Waals surface area contributed by atoms with Gasteiger partial charge in [-0.3, -0.25) is 0 Å². The van der Waals surface area contributed by atoms with E-state index in [0.717, 1.165) is 33.0 Å². The van der Waals surface area contributed by atoms with Crippen molar-refractivity contribution in [3.8, 4) is 11.3 Å². The van der Waals surface area contributed by atoms with Crippen LogP contribution in [0.5, 0.6) is 0 Å². The van der Waals surface area contributed by atoms with Gasteiger partial charge in [0, 0.05) is 16.3 Å². The largest absolute Gasteiger partial charge is 0.494 e. The number of fused-ring (bicyclic) bond motifs is 4. The van der Waals surface area contributed by atoms with E-state index in [1.165, 1.54) is 38.8 Å². The summed E-state index contributed by atoms with van der Waals surface area (Å²) in [7, 11) is -0.449. The molecule has 1 fully saturated rings. The number of aromatic nitrogens is 1. The molecule has 4 heteroatoms. The van der Waals surface area contributed by atoms with Gasteiger partial charge < -0.3 is 9.31 Å². The third-order valence-electron chi connectivity index (χ3n) is 10.9. The van der Waals surface area contributed by atoms with Crippen molar-refractivity contribution in [2.24, 2.45) is 0 Å². The number of pyridine rings is 1. The normalized spacial score (nSPS) is 17.9. The third-order valence-corrected chi connectivity index (χ3v) is 10.9.